The lowest BCUT2D eigenvalue weighted by molar-refractivity contribution is -0.136. The molecule has 2 heterocycles. The van der Waals surface area contributed by atoms with E-state index < -0.39 is 5.97 Å². The SMILES string of the molecule is CC(C)c1cc2c(N(C)CCC(=O)O)nccn2n1. The molecule has 102 valence electrons. The van der Waals surface area contributed by atoms with Gasteiger partial charge in [0.05, 0.1) is 12.1 Å². The molecular weight excluding hydrogens is 244 g/mol. The van der Waals surface area contributed by atoms with E-state index in [1.54, 1.807) is 16.9 Å². The topological polar surface area (TPSA) is 70.7 Å². The maximum Gasteiger partial charge on any atom is 0.305 e. The predicted molar refractivity (Wildman–Crippen MR) is 72.6 cm³/mol. The zero-order chi connectivity index (χ0) is 14.0. The molecule has 0 saturated heterocycles. The van der Waals surface area contributed by atoms with E-state index in [1.165, 1.54) is 0 Å². The molecule has 0 atom stereocenters. The van der Waals surface area contributed by atoms with Gasteiger partial charge in [-0.15, -0.1) is 0 Å². The zero-order valence-corrected chi connectivity index (χ0v) is 11.4. The molecule has 19 heavy (non-hydrogen) atoms. The summed E-state index contributed by atoms with van der Waals surface area (Å²) in [6.45, 7) is 4.59. The third-order valence-corrected chi connectivity index (χ3v) is 3.00. The van der Waals surface area contributed by atoms with E-state index >= 15 is 0 Å². The number of rotatable bonds is 5. The van der Waals surface area contributed by atoms with Crippen LogP contribution in [-0.4, -0.2) is 39.3 Å². The Kier molecular flexibility index (Phi) is 3.69. The highest BCUT2D eigenvalue weighted by Crippen LogP contribution is 2.22. The number of hydrogen-bond donors (Lipinski definition) is 1. The molecule has 0 fully saturated rings. The summed E-state index contributed by atoms with van der Waals surface area (Å²) in [5.74, 6) is 0.287. The van der Waals surface area contributed by atoms with E-state index in [2.05, 4.69) is 23.9 Å². The lowest BCUT2D eigenvalue weighted by Crippen LogP contribution is -2.22. The third kappa shape index (κ3) is 2.83. The van der Waals surface area contributed by atoms with Crippen LogP contribution in [0.25, 0.3) is 5.52 Å². The van der Waals surface area contributed by atoms with Gasteiger partial charge in [-0.2, -0.15) is 5.10 Å². The molecule has 0 aliphatic heterocycles. The summed E-state index contributed by atoms with van der Waals surface area (Å²) in [7, 11) is 1.84. The molecule has 0 bridgehead atoms. The molecule has 0 amide bonds. The van der Waals surface area contributed by atoms with Crippen molar-refractivity contribution in [3.05, 3.63) is 24.2 Å². The summed E-state index contributed by atoms with van der Waals surface area (Å²) in [4.78, 5) is 16.8. The number of anilines is 1. The second kappa shape index (κ2) is 5.26. The van der Waals surface area contributed by atoms with Crippen LogP contribution >= 0.6 is 0 Å². The summed E-state index contributed by atoms with van der Waals surface area (Å²) in [6.07, 6.45) is 3.57. The average molecular weight is 262 g/mol. The van der Waals surface area contributed by atoms with Crippen LogP contribution in [0, 0.1) is 0 Å². The first-order chi connectivity index (χ1) is 8.99. The highest BCUT2D eigenvalue weighted by atomic mass is 16.4. The van der Waals surface area contributed by atoms with Gasteiger partial charge in [-0.05, 0) is 12.0 Å². The third-order valence-electron chi connectivity index (χ3n) is 3.00. The Morgan fingerprint density at radius 3 is 2.89 bits per heavy atom. The van der Waals surface area contributed by atoms with Crippen LogP contribution in [0.5, 0.6) is 0 Å². The fraction of sp³-hybridized carbons (Fsp3) is 0.462. The van der Waals surface area contributed by atoms with Gasteiger partial charge in [0.1, 0.15) is 5.52 Å². The minimum Gasteiger partial charge on any atom is -0.481 e. The van der Waals surface area contributed by atoms with E-state index in [4.69, 9.17) is 5.11 Å². The number of carbonyl (C=O) groups is 1. The molecule has 2 aromatic heterocycles. The van der Waals surface area contributed by atoms with Gasteiger partial charge in [-0.3, -0.25) is 4.79 Å². The molecule has 0 aromatic carbocycles. The van der Waals surface area contributed by atoms with E-state index in [9.17, 15) is 4.79 Å². The fourth-order valence-corrected chi connectivity index (χ4v) is 1.87. The highest BCUT2D eigenvalue weighted by molar-refractivity contribution is 5.71. The molecule has 6 heteroatoms. The van der Waals surface area contributed by atoms with E-state index in [-0.39, 0.29) is 6.42 Å². The summed E-state index contributed by atoms with van der Waals surface area (Å²) < 4.78 is 1.79. The lowest BCUT2D eigenvalue weighted by Gasteiger charge is -2.17. The minimum atomic E-state index is -0.810. The summed E-state index contributed by atoms with van der Waals surface area (Å²) in [5, 5.41) is 13.2. The van der Waals surface area contributed by atoms with Crippen LogP contribution in [-0.2, 0) is 4.79 Å². The average Bonchev–Trinajstić information content (AvgIpc) is 2.79. The van der Waals surface area contributed by atoms with Crippen LogP contribution in [0.2, 0.25) is 0 Å². The predicted octanol–water partition coefficient (Wildman–Crippen LogP) is 1.76. The van der Waals surface area contributed by atoms with Crippen molar-refractivity contribution < 1.29 is 9.90 Å². The summed E-state index contributed by atoms with van der Waals surface area (Å²) in [5.41, 5.74) is 1.90. The molecule has 0 spiro atoms. The van der Waals surface area contributed by atoms with Crippen molar-refractivity contribution in [2.75, 3.05) is 18.5 Å². The second-order valence-corrected chi connectivity index (χ2v) is 4.87. The van der Waals surface area contributed by atoms with Gasteiger partial charge in [0.2, 0.25) is 0 Å². The number of aliphatic carboxylic acids is 1. The standard InChI is InChI=1S/C13H18N4O2/c1-9(2)10-8-11-13(14-5-7-17(11)15-10)16(3)6-4-12(18)19/h5,7-9H,4,6H2,1-3H3,(H,18,19). The van der Waals surface area contributed by atoms with Crippen LogP contribution in [0.3, 0.4) is 0 Å². The van der Waals surface area contributed by atoms with Gasteiger partial charge in [0, 0.05) is 26.0 Å². The molecule has 1 N–H and O–H groups in total. The van der Waals surface area contributed by atoms with Crippen molar-refractivity contribution in [1.82, 2.24) is 14.6 Å². The Hall–Kier alpha value is -2.11. The van der Waals surface area contributed by atoms with E-state index in [0.29, 0.717) is 12.5 Å². The molecule has 2 rings (SSSR count). The second-order valence-electron chi connectivity index (χ2n) is 4.87. The number of hydrogen-bond acceptors (Lipinski definition) is 4. The molecule has 0 aliphatic carbocycles. The quantitative estimate of drug-likeness (QED) is 0.889. The Labute approximate surface area is 111 Å². The Morgan fingerprint density at radius 1 is 1.53 bits per heavy atom. The van der Waals surface area contributed by atoms with Crippen LogP contribution in [0.15, 0.2) is 18.5 Å². The summed E-state index contributed by atoms with van der Waals surface area (Å²) >= 11 is 0. The summed E-state index contributed by atoms with van der Waals surface area (Å²) in [6, 6.07) is 2.00. The maximum atomic E-state index is 10.6. The van der Waals surface area contributed by atoms with Crippen molar-refractivity contribution in [3.8, 4) is 0 Å². The molecule has 0 radical (unpaired) electrons. The molecular formula is C13H18N4O2. The van der Waals surface area contributed by atoms with Crippen molar-refractivity contribution in [2.45, 2.75) is 26.2 Å². The Bertz CT molecular complexity index is 591. The van der Waals surface area contributed by atoms with Gasteiger partial charge in [-0.25, -0.2) is 9.50 Å². The molecule has 0 saturated carbocycles. The van der Waals surface area contributed by atoms with Gasteiger partial charge < -0.3 is 10.0 Å². The fourth-order valence-electron chi connectivity index (χ4n) is 1.87. The number of carboxylic acids is 1. The minimum absolute atomic E-state index is 0.0877. The van der Waals surface area contributed by atoms with Crippen LogP contribution in [0.4, 0.5) is 5.82 Å². The largest absolute Gasteiger partial charge is 0.481 e. The van der Waals surface area contributed by atoms with E-state index in [0.717, 1.165) is 17.0 Å². The molecule has 0 unspecified atom stereocenters. The van der Waals surface area contributed by atoms with Gasteiger partial charge >= 0.3 is 5.97 Å². The van der Waals surface area contributed by atoms with Crippen molar-refractivity contribution >= 4 is 17.3 Å². The van der Waals surface area contributed by atoms with Crippen LogP contribution < -0.4 is 4.90 Å². The number of nitrogens with zero attached hydrogens (tertiary/aromatic N) is 4. The molecule has 2 aromatic rings. The van der Waals surface area contributed by atoms with Crippen molar-refractivity contribution in [1.29, 1.82) is 0 Å². The normalized spacial score (nSPS) is 11.2. The van der Waals surface area contributed by atoms with Crippen molar-refractivity contribution in [2.24, 2.45) is 0 Å². The monoisotopic (exact) mass is 262 g/mol. The lowest BCUT2D eigenvalue weighted by atomic mass is 10.1. The first-order valence-corrected chi connectivity index (χ1v) is 6.26. The van der Waals surface area contributed by atoms with E-state index in [1.807, 2.05) is 18.0 Å². The van der Waals surface area contributed by atoms with Gasteiger partial charge in [-0.1, -0.05) is 13.8 Å². The van der Waals surface area contributed by atoms with Crippen molar-refractivity contribution in [3.63, 3.8) is 0 Å². The smallest absolute Gasteiger partial charge is 0.305 e. The van der Waals surface area contributed by atoms with Crippen LogP contribution in [0.1, 0.15) is 31.9 Å². The number of fused-ring (bicyclic) bond motifs is 1. The number of carboxylic acid groups (broad SMARTS) is 1. The van der Waals surface area contributed by atoms with Gasteiger partial charge in [0.15, 0.2) is 5.82 Å². The Balaban J connectivity index is 2.34. The van der Waals surface area contributed by atoms with Gasteiger partial charge in [0.25, 0.3) is 0 Å². The molecule has 6 nitrogen and oxygen atoms in total. The first kappa shape index (κ1) is 13.3. The Morgan fingerprint density at radius 2 is 2.26 bits per heavy atom. The maximum absolute atomic E-state index is 10.6. The molecule has 0 aliphatic rings. The zero-order valence-electron chi connectivity index (χ0n) is 11.4. The first-order valence-electron chi connectivity index (χ1n) is 6.26. The highest BCUT2D eigenvalue weighted by Gasteiger charge is 2.13. The number of aromatic nitrogens is 3.